The first-order valence-corrected chi connectivity index (χ1v) is 11.3. The number of amides is 2. The molecule has 3 N–H and O–H groups in total. The highest BCUT2D eigenvalue weighted by Crippen LogP contribution is 2.40. The number of carbonyl (C=O) groups excluding carboxylic acids is 2. The van der Waals surface area contributed by atoms with Gasteiger partial charge in [-0.1, -0.05) is 30.5 Å². The molecule has 30 heavy (non-hydrogen) atoms. The highest BCUT2D eigenvalue weighted by Gasteiger charge is 2.37. The molecule has 2 aliphatic rings. The predicted octanol–water partition coefficient (Wildman–Crippen LogP) is 4.63. The molecule has 1 aromatic carbocycles. The third kappa shape index (κ3) is 4.12. The minimum Gasteiger partial charge on any atom is -0.481 e. The van der Waals surface area contributed by atoms with Crippen LogP contribution in [-0.4, -0.2) is 22.9 Å². The normalized spacial score (nSPS) is 20.4. The lowest BCUT2D eigenvalue weighted by atomic mass is 9.79. The average molecular weight is 427 g/mol. The largest absolute Gasteiger partial charge is 0.481 e. The molecule has 0 aliphatic heterocycles. The van der Waals surface area contributed by atoms with Crippen LogP contribution in [0.2, 0.25) is 0 Å². The maximum absolute atomic E-state index is 13.1. The summed E-state index contributed by atoms with van der Waals surface area (Å²) in [5.74, 6) is -2.64. The van der Waals surface area contributed by atoms with Gasteiger partial charge in [0, 0.05) is 10.6 Å². The molecule has 1 aromatic heterocycles. The van der Waals surface area contributed by atoms with Gasteiger partial charge in [-0.2, -0.15) is 0 Å². The van der Waals surface area contributed by atoms with Crippen LogP contribution in [-0.2, 0) is 22.4 Å². The number of nitrogens with one attached hydrogen (secondary N) is 2. The summed E-state index contributed by atoms with van der Waals surface area (Å²) in [6, 6.07) is 7.59. The SMILES string of the molecule is Cc1ccc(NC(=O)c2c(NC(=O)[C@H]3CCCC[C@@H]3C(=O)O)sc3c2CCC3)cc1. The number of carboxylic acid groups (broad SMARTS) is 1. The van der Waals surface area contributed by atoms with E-state index in [9.17, 15) is 19.5 Å². The Labute approximate surface area is 179 Å². The molecular formula is C23H26N2O4S. The van der Waals surface area contributed by atoms with Crippen LogP contribution in [0.1, 0.15) is 58.5 Å². The molecule has 1 heterocycles. The summed E-state index contributed by atoms with van der Waals surface area (Å²) in [5, 5.41) is 15.9. The molecule has 2 aliphatic carbocycles. The molecule has 1 fully saturated rings. The number of aryl methyl sites for hydroxylation is 2. The second kappa shape index (κ2) is 8.60. The van der Waals surface area contributed by atoms with Crippen molar-refractivity contribution >= 4 is 39.8 Å². The molecule has 158 valence electrons. The van der Waals surface area contributed by atoms with E-state index in [1.807, 2.05) is 31.2 Å². The summed E-state index contributed by atoms with van der Waals surface area (Å²) in [5.41, 5.74) is 3.36. The van der Waals surface area contributed by atoms with E-state index < -0.39 is 17.8 Å². The standard InChI is InChI=1S/C23H26N2O4S/c1-13-9-11-14(12-10-13)24-21(27)19-17-7-4-8-18(17)30-22(19)25-20(26)15-5-2-3-6-16(15)23(28)29/h9-12,15-16H,2-8H2,1H3,(H,24,27)(H,25,26)(H,28,29)/t15-,16-/m0/s1. The lowest BCUT2D eigenvalue weighted by molar-refractivity contribution is -0.147. The van der Waals surface area contributed by atoms with E-state index in [1.54, 1.807) is 0 Å². The van der Waals surface area contributed by atoms with Crippen molar-refractivity contribution in [2.75, 3.05) is 10.6 Å². The topological polar surface area (TPSA) is 95.5 Å². The van der Waals surface area contributed by atoms with Crippen LogP contribution in [0.3, 0.4) is 0 Å². The minimum atomic E-state index is -0.916. The lowest BCUT2D eigenvalue weighted by Gasteiger charge is -2.27. The Morgan fingerprint density at radius 1 is 0.967 bits per heavy atom. The van der Waals surface area contributed by atoms with Crippen LogP contribution in [0.25, 0.3) is 0 Å². The molecule has 4 rings (SSSR count). The summed E-state index contributed by atoms with van der Waals surface area (Å²) in [4.78, 5) is 38.8. The van der Waals surface area contributed by atoms with Gasteiger partial charge in [-0.05, 0) is 56.7 Å². The third-order valence-electron chi connectivity index (χ3n) is 6.11. The first kappa shape index (κ1) is 20.6. The number of anilines is 2. The number of aliphatic carboxylic acids is 1. The molecule has 6 nitrogen and oxygen atoms in total. The van der Waals surface area contributed by atoms with Gasteiger partial charge in [0.15, 0.2) is 0 Å². The van der Waals surface area contributed by atoms with E-state index >= 15 is 0 Å². The van der Waals surface area contributed by atoms with Gasteiger partial charge in [0.1, 0.15) is 5.00 Å². The van der Waals surface area contributed by atoms with Gasteiger partial charge in [-0.25, -0.2) is 0 Å². The van der Waals surface area contributed by atoms with Gasteiger partial charge in [-0.3, -0.25) is 14.4 Å². The van der Waals surface area contributed by atoms with E-state index in [1.165, 1.54) is 11.3 Å². The zero-order valence-corrected chi connectivity index (χ0v) is 17.8. The van der Waals surface area contributed by atoms with E-state index in [0.29, 0.717) is 29.1 Å². The first-order chi connectivity index (χ1) is 14.4. The molecule has 0 radical (unpaired) electrons. The fourth-order valence-corrected chi connectivity index (χ4v) is 5.80. The van der Waals surface area contributed by atoms with Gasteiger partial charge in [-0.15, -0.1) is 11.3 Å². The van der Waals surface area contributed by atoms with Crippen molar-refractivity contribution < 1.29 is 19.5 Å². The fraction of sp³-hybridized carbons (Fsp3) is 0.435. The summed E-state index contributed by atoms with van der Waals surface area (Å²) in [6.07, 6.45) is 5.50. The second-order valence-corrected chi connectivity index (χ2v) is 9.31. The van der Waals surface area contributed by atoms with Crippen LogP contribution < -0.4 is 10.6 Å². The Balaban J connectivity index is 1.58. The summed E-state index contributed by atoms with van der Waals surface area (Å²) >= 11 is 1.45. The molecule has 0 saturated heterocycles. The van der Waals surface area contributed by atoms with Crippen molar-refractivity contribution in [3.05, 3.63) is 45.8 Å². The Hall–Kier alpha value is -2.67. The molecule has 2 aromatic rings. The number of carbonyl (C=O) groups is 3. The maximum Gasteiger partial charge on any atom is 0.307 e. The minimum absolute atomic E-state index is 0.230. The fourth-order valence-electron chi connectivity index (χ4n) is 4.51. The summed E-state index contributed by atoms with van der Waals surface area (Å²) in [7, 11) is 0. The second-order valence-electron chi connectivity index (χ2n) is 8.21. The van der Waals surface area contributed by atoms with Crippen molar-refractivity contribution in [1.82, 2.24) is 0 Å². The summed E-state index contributed by atoms with van der Waals surface area (Å²) in [6.45, 7) is 1.99. The van der Waals surface area contributed by atoms with Crippen LogP contribution in [0.15, 0.2) is 24.3 Å². The maximum atomic E-state index is 13.1. The number of hydrogen-bond donors (Lipinski definition) is 3. The van der Waals surface area contributed by atoms with Gasteiger partial charge in [0.2, 0.25) is 5.91 Å². The van der Waals surface area contributed by atoms with Crippen LogP contribution in [0.5, 0.6) is 0 Å². The van der Waals surface area contributed by atoms with Crippen molar-refractivity contribution in [3.8, 4) is 0 Å². The molecule has 0 bridgehead atoms. The zero-order chi connectivity index (χ0) is 21.3. The first-order valence-electron chi connectivity index (χ1n) is 10.5. The molecule has 2 atom stereocenters. The van der Waals surface area contributed by atoms with Crippen LogP contribution in [0.4, 0.5) is 10.7 Å². The van der Waals surface area contributed by atoms with E-state index in [-0.39, 0.29) is 11.8 Å². The number of benzene rings is 1. The van der Waals surface area contributed by atoms with Gasteiger partial charge in [0.05, 0.1) is 17.4 Å². The number of hydrogen-bond acceptors (Lipinski definition) is 4. The third-order valence-corrected chi connectivity index (χ3v) is 7.32. The molecule has 0 unspecified atom stereocenters. The van der Waals surface area contributed by atoms with Gasteiger partial charge < -0.3 is 15.7 Å². The number of fused-ring (bicyclic) bond motifs is 1. The molecule has 1 saturated carbocycles. The van der Waals surface area contributed by atoms with Crippen molar-refractivity contribution in [1.29, 1.82) is 0 Å². The molecule has 0 spiro atoms. The van der Waals surface area contributed by atoms with E-state index in [0.717, 1.165) is 48.1 Å². The Bertz CT molecular complexity index is 980. The smallest absolute Gasteiger partial charge is 0.307 e. The monoisotopic (exact) mass is 426 g/mol. The molecule has 2 amide bonds. The van der Waals surface area contributed by atoms with Crippen LogP contribution in [0, 0.1) is 18.8 Å². The number of thiophene rings is 1. The number of carboxylic acids is 1. The Morgan fingerprint density at radius 3 is 2.37 bits per heavy atom. The van der Waals surface area contributed by atoms with E-state index in [2.05, 4.69) is 10.6 Å². The summed E-state index contributed by atoms with van der Waals surface area (Å²) < 4.78 is 0. The van der Waals surface area contributed by atoms with E-state index in [4.69, 9.17) is 0 Å². The van der Waals surface area contributed by atoms with Crippen molar-refractivity contribution in [3.63, 3.8) is 0 Å². The predicted molar refractivity (Wildman–Crippen MR) is 117 cm³/mol. The van der Waals surface area contributed by atoms with Crippen molar-refractivity contribution in [2.24, 2.45) is 11.8 Å². The highest BCUT2D eigenvalue weighted by molar-refractivity contribution is 7.17. The quantitative estimate of drug-likeness (QED) is 0.650. The van der Waals surface area contributed by atoms with Gasteiger partial charge in [0.25, 0.3) is 5.91 Å². The van der Waals surface area contributed by atoms with Gasteiger partial charge >= 0.3 is 5.97 Å². The number of rotatable bonds is 5. The highest BCUT2D eigenvalue weighted by atomic mass is 32.1. The molecular weight excluding hydrogens is 400 g/mol. The van der Waals surface area contributed by atoms with Crippen molar-refractivity contribution in [2.45, 2.75) is 51.9 Å². The molecule has 7 heteroatoms. The Kier molecular flexibility index (Phi) is 5.90. The average Bonchev–Trinajstić information content (AvgIpc) is 3.30. The lowest BCUT2D eigenvalue weighted by Crippen LogP contribution is -2.36. The Morgan fingerprint density at radius 2 is 1.67 bits per heavy atom. The van der Waals surface area contributed by atoms with Crippen LogP contribution >= 0.6 is 11.3 Å². The zero-order valence-electron chi connectivity index (χ0n) is 17.0.